The topological polar surface area (TPSA) is 133 Å². The van der Waals surface area contributed by atoms with E-state index < -0.39 is 11.7 Å². The van der Waals surface area contributed by atoms with Crippen LogP contribution in [0.2, 0.25) is 0 Å². The second-order valence-corrected chi connectivity index (χ2v) is 10.2. The molecule has 0 aliphatic carbocycles. The van der Waals surface area contributed by atoms with E-state index in [0.29, 0.717) is 54.8 Å². The van der Waals surface area contributed by atoms with Crippen LogP contribution >= 0.6 is 0 Å². The summed E-state index contributed by atoms with van der Waals surface area (Å²) in [6.07, 6.45) is 1.70. The molecular formula is C28H35N5O5. The van der Waals surface area contributed by atoms with Crippen LogP contribution in [-0.2, 0) is 22.4 Å². The van der Waals surface area contributed by atoms with Crippen molar-refractivity contribution in [2.45, 2.75) is 52.6 Å². The zero-order chi connectivity index (χ0) is 27.3. The second kappa shape index (κ2) is 11.5. The summed E-state index contributed by atoms with van der Waals surface area (Å²) >= 11 is 0. The van der Waals surface area contributed by atoms with Gasteiger partial charge in [0, 0.05) is 24.2 Å². The third-order valence-corrected chi connectivity index (χ3v) is 6.05. The van der Waals surface area contributed by atoms with E-state index in [1.165, 1.54) is 5.56 Å². The van der Waals surface area contributed by atoms with Crippen LogP contribution < -0.4 is 15.8 Å². The van der Waals surface area contributed by atoms with E-state index in [0.717, 1.165) is 24.0 Å². The van der Waals surface area contributed by atoms with Crippen molar-refractivity contribution in [1.82, 2.24) is 20.4 Å². The van der Waals surface area contributed by atoms with Gasteiger partial charge in [-0.25, -0.2) is 4.79 Å². The summed E-state index contributed by atoms with van der Waals surface area (Å²) < 4.78 is 16.4. The van der Waals surface area contributed by atoms with Crippen molar-refractivity contribution in [1.29, 1.82) is 0 Å². The summed E-state index contributed by atoms with van der Waals surface area (Å²) in [7, 11) is 0. The molecular weight excluding hydrogens is 486 g/mol. The molecule has 0 saturated heterocycles. The number of alkyl carbamates (subject to hydrolysis) is 1. The molecule has 0 spiro atoms. The Morgan fingerprint density at radius 2 is 1.82 bits per heavy atom. The minimum atomic E-state index is -0.615. The maximum absolute atomic E-state index is 12.7. The Labute approximate surface area is 222 Å². The number of nitrogens with two attached hydrogens (primary N) is 1. The average Bonchev–Trinajstić information content (AvgIpc) is 3.26. The molecule has 3 aromatic rings. The zero-order valence-electron chi connectivity index (χ0n) is 22.4. The molecule has 10 heteroatoms. The van der Waals surface area contributed by atoms with Gasteiger partial charge in [0.25, 0.3) is 5.89 Å². The minimum absolute atomic E-state index is 0.0988. The maximum Gasteiger partial charge on any atom is 0.408 e. The molecule has 0 unspecified atom stereocenters. The highest BCUT2D eigenvalue weighted by atomic mass is 16.6. The number of rotatable bonds is 7. The van der Waals surface area contributed by atoms with Crippen molar-refractivity contribution in [2.24, 2.45) is 0 Å². The normalized spacial score (nSPS) is 13.4. The van der Waals surface area contributed by atoms with E-state index in [4.69, 9.17) is 19.7 Å². The highest BCUT2D eigenvalue weighted by Crippen LogP contribution is 2.30. The van der Waals surface area contributed by atoms with Crippen LogP contribution in [-0.4, -0.2) is 58.9 Å². The number of hydrogen-bond acceptors (Lipinski definition) is 8. The van der Waals surface area contributed by atoms with Gasteiger partial charge >= 0.3 is 6.09 Å². The fraction of sp³-hybridized carbons (Fsp3) is 0.429. The zero-order valence-corrected chi connectivity index (χ0v) is 22.4. The molecule has 4 rings (SSSR count). The molecule has 2 aromatic carbocycles. The number of aromatic nitrogens is 2. The number of carbonyl (C=O) groups excluding carboxylic acids is 2. The Kier molecular flexibility index (Phi) is 8.19. The number of amides is 2. The van der Waals surface area contributed by atoms with E-state index in [-0.39, 0.29) is 12.5 Å². The molecule has 3 N–H and O–H groups in total. The van der Waals surface area contributed by atoms with Gasteiger partial charge in [0.2, 0.25) is 11.7 Å². The lowest BCUT2D eigenvalue weighted by molar-refractivity contribution is -0.130. The van der Waals surface area contributed by atoms with E-state index in [9.17, 15) is 9.59 Å². The standard InChI is InChI=1S/C28H35N5O5/c1-5-14-36-23-9-8-21(16-22(23)29)26-31-25(32-38-26)20-7-6-18-10-12-33(13-11-19(18)15-20)24(34)17-30-27(35)37-28(2,3)4/h6-9,15-16H,5,10-14,17,29H2,1-4H3,(H,30,35). The van der Waals surface area contributed by atoms with Gasteiger partial charge in [-0.1, -0.05) is 24.2 Å². The van der Waals surface area contributed by atoms with Gasteiger partial charge in [-0.3, -0.25) is 4.79 Å². The monoisotopic (exact) mass is 521 g/mol. The van der Waals surface area contributed by atoms with E-state index in [1.54, 1.807) is 31.7 Å². The van der Waals surface area contributed by atoms with Gasteiger partial charge < -0.3 is 29.9 Å². The van der Waals surface area contributed by atoms with Crippen molar-refractivity contribution in [3.05, 3.63) is 47.5 Å². The summed E-state index contributed by atoms with van der Waals surface area (Å²) in [6.45, 7) is 9.00. The first kappa shape index (κ1) is 27.0. The van der Waals surface area contributed by atoms with Crippen molar-refractivity contribution in [3.8, 4) is 28.6 Å². The third-order valence-electron chi connectivity index (χ3n) is 6.05. The molecule has 1 aliphatic rings. The molecule has 0 atom stereocenters. The van der Waals surface area contributed by atoms with Gasteiger partial charge in [0.15, 0.2) is 0 Å². The van der Waals surface area contributed by atoms with Crippen LogP contribution in [0, 0.1) is 0 Å². The fourth-order valence-electron chi connectivity index (χ4n) is 4.17. The number of hydrogen-bond donors (Lipinski definition) is 2. The number of nitrogen functional groups attached to an aromatic ring is 1. The van der Waals surface area contributed by atoms with Gasteiger partial charge in [-0.2, -0.15) is 4.98 Å². The highest BCUT2D eigenvalue weighted by Gasteiger charge is 2.22. The molecule has 1 aliphatic heterocycles. The minimum Gasteiger partial charge on any atom is -0.491 e. The molecule has 2 amide bonds. The molecule has 0 bridgehead atoms. The molecule has 2 heterocycles. The molecule has 0 radical (unpaired) electrons. The van der Waals surface area contributed by atoms with E-state index >= 15 is 0 Å². The van der Waals surface area contributed by atoms with Crippen LogP contribution in [0.15, 0.2) is 40.9 Å². The highest BCUT2D eigenvalue weighted by molar-refractivity contribution is 5.82. The van der Waals surface area contributed by atoms with Crippen molar-refractivity contribution in [3.63, 3.8) is 0 Å². The van der Waals surface area contributed by atoms with Crippen LogP contribution in [0.4, 0.5) is 10.5 Å². The predicted molar refractivity (Wildman–Crippen MR) is 144 cm³/mol. The van der Waals surface area contributed by atoms with Gasteiger partial charge in [-0.15, -0.1) is 0 Å². The maximum atomic E-state index is 12.7. The van der Waals surface area contributed by atoms with Crippen LogP contribution in [0.1, 0.15) is 45.2 Å². The number of nitrogens with zero attached hydrogens (tertiary/aromatic N) is 3. The first-order valence-corrected chi connectivity index (χ1v) is 12.9. The van der Waals surface area contributed by atoms with Crippen LogP contribution in [0.3, 0.4) is 0 Å². The Morgan fingerprint density at radius 1 is 1.08 bits per heavy atom. The van der Waals surface area contributed by atoms with E-state index in [2.05, 4.69) is 15.5 Å². The summed E-state index contributed by atoms with van der Waals surface area (Å²) in [5.41, 5.74) is 9.88. The third kappa shape index (κ3) is 6.81. The SMILES string of the molecule is CCCOc1ccc(-c2nc(-c3ccc4c(c3)CCN(C(=O)CNC(=O)OC(C)(C)C)CC4)no2)cc1N. The van der Waals surface area contributed by atoms with Gasteiger partial charge in [-0.05, 0) is 75.4 Å². The largest absolute Gasteiger partial charge is 0.491 e. The lowest BCUT2D eigenvalue weighted by Gasteiger charge is -2.22. The second-order valence-electron chi connectivity index (χ2n) is 10.2. The Morgan fingerprint density at radius 3 is 2.53 bits per heavy atom. The van der Waals surface area contributed by atoms with Crippen molar-refractivity contribution >= 4 is 17.7 Å². The molecule has 10 nitrogen and oxygen atoms in total. The Balaban J connectivity index is 1.40. The number of carbonyl (C=O) groups is 2. The molecule has 1 aromatic heterocycles. The number of benzene rings is 2. The smallest absolute Gasteiger partial charge is 0.408 e. The Bertz CT molecular complexity index is 1300. The van der Waals surface area contributed by atoms with Crippen molar-refractivity contribution < 1.29 is 23.6 Å². The number of ether oxygens (including phenoxy) is 2. The Hall–Kier alpha value is -4.08. The molecule has 202 valence electrons. The summed E-state index contributed by atoms with van der Waals surface area (Å²) in [4.78, 5) is 30.9. The fourth-order valence-corrected chi connectivity index (χ4v) is 4.17. The molecule has 0 fully saturated rings. The number of anilines is 1. The average molecular weight is 522 g/mol. The van der Waals surface area contributed by atoms with E-state index in [1.807, 2.05) is 37.3 Å². The van der Waals surface area contributed by atoms with Gasteiger partial charge in [0.05, 0.1) is 12.3 Å². The number of fused-ring (bicyclic) bond motifs is 1. The molecule has 0 saturated carbocycles. The van der Waals surface area contributed by atoms with Crippen LogP contribution in [0.25, 0.3) is 22.8 Å². The lowest BCUT2D eigenvalue weighted by atomic mass is 10.00. The van der Waals surface area contributed by atoms with Crippen molar-refractivity contribution in [2.75, 3.05) is 32.0 Å². The first-order valence-electron chi connectivity index (χ1n) is 12.9. The number of nitrogens with one attached hydrogen (secondary N) is 1. The first-order chi connectivity index (χ1) is 18.1. The summed E-state index contributed by atoms with van der Waals surface area (Å²) in [6, 6.07) is 11.5. The summed E-state index contributed by atoms with van der Waals surface area (Å²) in [5, 5.41) is 6.72. The molecule has 38 heavy (non-hydrogen) atoms. The van der Waals surface area contributed by atoms with Gasteiger partial charge in [0.1, 0.15) is 17.9 Å². The lowest BCUT2D eigenvalue weighted by Crippen LogP contribution is -2.42. The quantitative estimate of drug-likeness (QED) is 0.442. The summed E-state index contributed by atoms with van der Waals surface area (Å²) in [5.74, 6) is 1.34. The predicted octanol–water partition coefficient (Wildman–Crippen LogP) is 4.23. The van der Waals surface area contributed by atoms with Crippen LogP contribution in [0.5, 0.6) is 5.75 Å².